The Labute approximate surface area is 119 Å². The minimum Gasteiger partial charge on any atom is -0.463 e. The van der Waals surface area contributed by atoms with Crippen LogP contribution in [0.1, 0.15) is 26.3 Å². The molecule has 1 unspecified atom stereocenters. The van der Waals surface area contributed by atoms with Gasteiger partial charge in [-0.1, -0.05) is 18.2 Å². The fourth-order valence-corrected chi connectivity index (χ4v) is 1.61. The molecule has 1 aromatic carbocycles. The third kappa shape index (κ3) is 4.57. The summed E-state index contributed by atoms with van der Waals surface area (Å²) in [5.41, 5.74) is 1.89. The Hall–Kier alpha value is -2.04. The number of carbonyl (C=O) groups is 2. The smallest absolute Gasteiger partial charge is 0.347 e. The molecule has 5 nitrogen and oxygen atoms in total. The number of aryl methyl sites for hydroxylation is 1. The third-order valence-corrected chi connectivity index (χ3v) is 2.78. The average Bonchev–Trinajstić information content (AvgIpc) is 2.41. The van der Waals surface area contributed by atoms with Gasteiger partial charge < -0.3 is 14.8 Å². The van der Waals surface area contributed by atoms with Crippen molar-refractivity contribution in [1.82, 2.24) is 0 Å². The maximum absolute atomic E-state index is 11.9. The summed E-state index contributed by atoms with van der Waals surface area (Å²) in [5, 5.41) is 3.06. The standard InChI is InChI=1S/C15H21NO4/c1-5-19-15(18)12(4)20-14(17)11(3)16-13-9-7-6-8-10(13)2/h6-9,11-12,16H,5H2,1-4H3/t11-,12?/m0/s1. The summed E-state index contributed by atoms with van der Waals surface area (Å²) >= 11 is 0. The van der Waals surface area contributed by atoms with E-state index >= 15 is 0 Å². The molecule has 5 heteroatoms. The van der Waals surface area contributed by atoms with Gasteiger partial charge in [-0.25, -0.2) is 9.59 Å². The lowest BCUT2D eigenvalue weighted by Crippen LogP contribution is -2.34. The highest BCUT2D eigenvalue weighted by Gasteiger charge is 2.22. The number of esters is 2. The minimum atomic E-state index is -0.899. The lowest BCUT2D eigenvalue weighted by atomic mass is 10.2. The Morgan fingerprint density at radius 2 is 1.85 bits per heavy atom. The van der Waals surface area contributed by atoms with Gasteiger partial charge in [0.05, 0.1) is 6.61 Å². The zero-order valence-electron chi connectivity index (χ0n) is 12.3. The summed E-state index contributed by atoms with van der Waals surface area (Å²) in [6.45, 7) is 7.09. The number of ether oxygens (including phenoxy) is 2. The molecule has 1 N–H and O–H groups in total. The van der Waals surface area contributed by atoms with Crippen LogP contribution in [0.25, 0.3) is 0 Å². The van der Waals surface area contributed by atoms with Crippen molar-refractivity contribution in [2.75, 3.05) is 11.9 Å². The van der Waals surface area contributed by atoms with E-state index in [4.69, 9.17) is 9.47 Å². The van der Waals surface area contributed by atoms with Gasteiger partial charge in [0.15, 0.2) is 6.10 Å². The molecule has 20 heavy (non-hydrogen) atoms. The lowest BCUT2D eigenvalue weighted by Gasteiger charge is -2.18. The first-order valence-electron chi connectivity index (χ1n) is 6.65. The molecule has 1 rings (SSSR count). The van der Waals surface area contributed by atoms with Crippen LogP contribution in [0.5, 0.6) is 0 Å². The molecule has 0 saturated carbocycles. The van der Waals surface area contributed by atoms with Gasteiger partial charge >= 0.3 is 11.9 Å². The van der Waals surface area contributed by atoms with Gasteiger partial charge in [0, 0.05) is 5.69 Å². The average molecular weight is 279 g/mol. The molecule has 0 aromatic heterocycles. The van der Waals surface area contributed by atoms with Crippen LogP contribution in [0.15, 0.2) is 24.3 Å². The number of para-hydroxylation sites is 1. The molecule has 0 fully saturated rings. The summed E-state index contributed by atoms with van der Waals surface area (Å²) in [6, 6.07) is 7.09. The SMILES string of the molecule is CCOC(=O)C(C)OC(=O)[C@H](C)Nc1ccccc1C. The van der Waals surface area contributed by atoms with Crippen LogP contribution in [0, 0.1) is 6.92 Å². The van der Waals surface area contributed by atoms with Crippen molar-refractivity contribution in [3.63, 3.8) is 0 Å². The third-order valence-electron chi connectivity index (χ3n) is 2.78. The number of carbonyl (C=O) groups excluding carboxylic acids is 2. The molecule has 0 heterocycles. The minimum absolute atomic E-state index is 0.262. The Balaban J connectivity index is 2.55. The predicted molar refractivity (Wildman–Crippen MR) is 76.5 cm³/mol. The number of hydrogen-bond donors (Lipinski definition) is 1. The first-order chi connectivity index (χ1) is 9.45. The first kappa shape index (κ1) is 16.0. The number of benzene rings is 1. The highest BCUT2D eigenvalue weighted by molar-refractivity contribution is 5.83. The Morgan fingerprint density at radius 1 is 1.20 bits per heavy atom. The summed E-state index contributed by atoms with van der Waals surface area (Å²) in [5.74, 6) is -1.03. The molecule has 110 valence electrons. The quantitative estimate of drug-likeness (QED) is 0.809. The molecule has 0 amide bonds. The maximum atomic E-state index is 11.9. The maximum Gasteiger partial charge on any atom is 0.347 e. The molecule has 2 atom stereocenters. The van der Waals surface area contributed by atoms with Crippen LogP contribution in [0.3, 0.4) is 0 Å². The second-order valence-electron chi connectivity index (χ2n) is 4.51. The van der Waals surface area contributed by atoms with E-state index in [-0.39, 0.29) is 6.61 Å². The van der Waals surface area contributed by atoms with E-state index in [2.05, 4.69) is 5.32 Å². The van der Waals surface area contributed by atoms with Crippen molar-refractivity contribution in [2.45, 2.75) is 39.8 Å². The predicted octanol–water partition coefficient (Wildman–Crippen LogP) is 2.29. The van der Waals surface area contributed by atoms with Crippen LogP contribution >= 0.6 is 0 Å². The molecule has 0 saturated heterocycles. The number of nitrogens with one attached hydrogen (secondary N) is 1. The summed E-state index contributed by atoms with van der Waals surface area (Å²) in [6.07, 6.45) is -0.899. The first-order valence-corrected chi connectivity index (χ1v) is 6.65. The van der Waals surface area contributed by atoms with Crippen molar-refractivity contribution >= 4 is 17.6 Å². The van der Waals surface area contributed by atoms with Gasteiger partial charge in [-0.05, 0) is 39.3 Å². The molecular weight excluding hydrogens is 258 g/mol. The van der Waals surface area contributed by atoms with Crippen LogP contribution in [-0.4, -0.2) is 30.7 Å². The summed E-state index contributed by atoms with van der Waals surface area (Å²) in [4.78, 5) is 23.3. The number of rotatable bonds is 6. The van der Waals surface area contributed by atoms with Crippen molar-refractivity contribution < 1.29 is 19.1 Å². The zero-order chi connectivity index (χ0) is 15.1. The Morgan fingerprint density at radius 3 is 2.45 bits per heavy atom. The summed E-state index contributed by atoms with van der Waals surface area (Å²) in [7, 11) is 0. The summed E-state index contributed by atoms with van der Waals surface area (Å²) < 4.78 is 9.85. The monoisotopic (exact) mass is 279 g/mol. The van der Waals surface area contributed by atoms with Crippen molar-refractivity contribution in [1.29, 1.82) is 0 Å². The molecule has 1 aromatic rings. The van der Waals surface area contributed by atoms with Crippen LogP contribution < -0.4 is 5.32 Å². The Bertz CT molecular complexity index is 473. The van der Waals surface area contributed by atoms with Crippen molar-refractivity contribution in [3.05, 3.63) is 29.8 Å². The van der Waals surface area contributed by atoms with Crippen molar-refractivity contribution in [2.24, 2.45) is 0 Å². The van der Waals surface area contributed by atoms with Crippen molar-refractivity contribution in [3.8, 4) is 0 Å². The highest BCUT2D eigenvalue weighted by atomic mass is 16.6. The molecule has 0 aliphatic heterocycles. The van der Waals surface area contributed by atoms with Gasteiger partial charge in [0.2, 0.25) is 0 Å². The van der Waals surface area contributed by atoms with Gasteiger partial charge in [-0.2, -0.15) is 0 Å². The van der Waals surface area contributed by atoms with E-state index in [1.165, 1.54) is 6.92 Å². The lowest BCUT2D eigenvalue weighted by molar-refractivity contribution is -0.166. The van der Waals surface area contributed by atoms with Crippen LogP contribution in [-0.2, 0) is 19.1 Å². The van der Waals surface area contributed by atoms with Gasteiger partial charge in [-0.15, -0.1) is 0 Å². The van der Waals surface area contributed by atoms with Gasteiger partial charge in [0.25, 0.3) is 0 Å². The largest absolute Gasteiger partial charge is 0.463 e. The second kappa shape index (κ2) is 7.53. The van der Waals surface area contributed by atoms with Gasteiger partial charge in [-0.3, -0.25) is 0 Å². The second-order valence-corrected chi connectivity index (χ2v) is 4.51. The van der Waals surface area contributed by atoms with E-state index in [0.717, 1.165) is 11.3 Å². The molecule has 0 aliphatic carbocycles. The molecule has 0 radical (unpaired) electrons. The fraction of sp³-hybridized carbons (Fsp3) is 0.467. The van der Waals surface area contributed by atoms with E-state index in [1.54, 1.807) is 13.8 Å². The van der Waals surface area contributed by atoms with E-state index in [0.29, 0.717) is 0 Å². The van der Waals surface area contributed by atoms with Gasteiger partial charge in [0.1, 0.15) is 6.04 Å². The molecule has 0 spiro atoms. The highest BCUT2D eigenvalue weighted by Crippen LogP contribution is 2.15. The molecule has 0 bridgehead atoms. The fourth-order valence-electron chi connectivity index (χ4n) is 1.61. The van der Waals surface area contributed by atoms with E-state index in [1.807, 2.05) is 31.2 Å². The van der Waals surface area contributed by atoms with Crippen LogP contribution in [0.4, 0.5) is 5.69 Å². The van der Waals surface area contributed by atoms with Crippen LogP contribution in [0.2, 0.25) is 0 Å². The molecular formula is C15H21NO4. The Kier molecular flexibility index (Phi) is 6.03. The number of anilines is 1. The number of hydrogen-bond acceptors (Lipinski definition) is 5. The normalized spacial score (nSPS) is 13.2. The topological polar surface area (TPSA) is 64.6 Å². The van der Waals surface area contributed by atoms with E-state index < -0.39 is 24.1 Å². The zero-order valence-corrected chi connectivity index (χ0v) is 12.3. The molecule has 0 aliphatic rings. The van der Waals surface area contributed by atoms with E-state index in [9.17, 15) is 9.59 Å².